The SMILES string of the molecule is CN[C@@H](CC(C)C)C(=O)N[C@H]1C(=O)N[C@@H](CC(N)=O)C(=O)NC2C(=O)NC3C(=O)N[C@H](C(=O)N[C@@H](C(=O)O)c4cc(O)cc(O)c4-c4cc3ccc4O)[C@H](O)c3ccc(c(Cl)c3)Oc3cc2cc(c3OC2OC(CSc3nnnn3-c3ccc(O)cc3)C(O)C(O)C2OC2CC(C)(N)C(O)C(C)O2)Oc2ccc(cc2Cl)[C@H]1O. The van der Waals surface area contributed by atoms with E-state index in [1.54, 1.807) is 0 Å². The third-order valence-corrected chi connectivity index (χ3v) is 21.1. The molecule has 7 amide bonds. The van der Waals surface area contributed by atoms with Crippen LogP contribution in [0, 0.1) is 5.92 Å². The highest BCUT2D eigenvalue weighted by molar-refractivity contribution is 7.99. The fourth-order valence-corrected chi connectivity index (χ4v) is 15.1. The number of hydrogen-bond donors (Lipinski definition) is 19. The maximum atomic E-state index is 16.2. The van der Waals surface area contributed by atoms with Crippen LogP contribution in [0.1, 0.15) is 105 Å². The van der Waals surface area contributed by atoms with Gasteiger partial charge in [-0.25, -0.2) is 4.79 Å². The highest BCUT2D eigenvalue weighted by Crippen LogP contribution is 2.50. The van der Waals surface area contributed by atoms with Crippen LogP contribution < -0.4 is 62.9 Å². The van der Waals surface area contributed by atoms with Gasteiger partial charge in [0.2, 0.25) is 58.5 Å². The molecule has 37 nitrogen and oxygen atoms in total. The molecule has 7 aliphatic heterocycles. The van der Waals surface area contributed by atoms with Gasteiger partial charge < -0.3 is 128 Å². The monoisotopic (exact) mass is 1620 g/mol. The Morgan fingerprint density at radius 3 is 1.96 bits per heavy atom. The number of carboxylic acid groups (broad SMARTS) is 1. The van der Waals surface area contributed by atoms with E-state index in [2.05, 4.69) is 52.7 Å². The number of primary amides is 1. The van der Waals surface area contributed by atoms with Crippen molar-refractivity contribution in [3.8, 4) is 68.6 Å². The molecule has 0 radical (unpaired) electrons. The van der Waals surface area contributed by atoms with Crippen molar-refractivity contribution in [3.63, 3.8) is 0 Å². The Labute approximate surface area is 655 Å². The molecule has 21 N–H and O–H groups in total. The van der Waals surface area contributed by atoms with Crippen molar-refractivity contribution in [2.24, 2.45) is 17.4 Å². The number of aliphatic carboxylic acids is 1. The molecule has 2 saturated heterocycles. The molecule has 11 bridgehead atoms. The number of benzene rings is 6. The van der Waals surface area contributed by atoms with Crippen LogP contribution in [0.15, 0.2) is 108 Å². The second-order valence-corrected chi connectivity index (χ2v) is 30.0. The maximum Gasteiger partial charge on any atom is 0.330 e. The number of nitrogens with zero attached hydrogens (tertiary/aromatic N) is 4. The summed E-state index contributed by atoms with van der Waals surface area (Å²) in [5.74, 6) is -16.5. The Kier molecular flexibility index (Phi) is 24.3. The van der Waals surface area contributed by atoms with E-state index >= 15 is 14.4 Å². The lowest BCUT2D eigenvalue weighted by Gasteiger charge is -2.47. The number of nitrogens with two attached hydrogens (primary N) is 2. The Bertz CT molecular complexity index is 4850. The highest BCUT2D eigenvalue weighted by Gasteiger charge is 2.52. The minimum Gasteiger partial charge on any atom is -0.508 e. The van der Waals surface area contributed by atoms with Crippen LogP contribution in [0.25, 0.3) is 16.8 Å². The second kappa shape index (κ2) is 33.5. The number of halogens is 2. The van der Waals surface area contributed by atoms with Crippen molar-refractivity contribution >= 4 is 82.3 Å². The van der Waals surface area contributed by atoms with Gasteiger partial charge in [0.15, 0.2) is 29.9 Å². The van der Waals surface area contributed by atoms with Gasteiger partial charge in [-0.05, 0) is 145 Å². The molecule has 18 atom stereocenters. The number of ether oxygens (including phenoxy) is 6. The average molecular weight is 1630 g/mol. The van der Waals surface area contributed by atoms with E-state index in [0.29, 0.717) is 5.69 Å². The van der Waals surface area contributed by atoms with Crippen LogP contribution in [0.5, 0.6) is 51.7 Å². The van der Waals surface area contributed by atoms with Gasteiger partial charge in [0.1, 0.15) is 89.1 Å². The van der Waals surface area contributed by atoms with Crippen molar-refractivity contribution in [1.82, 2.24) is 57.4 Å². The lowest BCUT2D eigenvalue weighted by Crippen LogP contribution is -2.64. The number of tetrazole rings is 1. The van der Waals surface area contributed by atoms with Crippen molar-refractivity contribution in [2.45, 2.75) is 161 Å². The molecule has 7 aromatic rings. The predicted octanol–water partition coefficient (Wildman–Crippen LogP) is 1.59. The molecule has 14 rings (SSSR count). The zero-order chi connectivity index (χ0) is 81.5. The number of thioether (sulfide) groups is 1. The van der Waals surface area contributed by atoms with E-state index in [9.17, 15) is 75.0 Å². The summed E-state index contributed by atoms with van der Waals surface area (Å²) >= 11 is 15.3. The number of rotatable bonds is 16. The number of aromatic hydroxyl groups is 4. The lowest BCUT2D eigenvalue weighted by atomic mass is 9.86. The van der Waals surface area contributed by atoms with Crippen LogP contribution in [-0.4, -0.2) is 210 Å². The summed E-state index contributed by atoms with van der Waals surface area (Å²) in [7, 11) is 1.47. The van der Waals surface area contributed by atoms with Gasteiger partial charge in [-0.2, -0.15) is 4.68 Å². The predicted molar refractivity (Wildman–Crippen MR) is 394 cm³/mol. The Balaban J connectivity index is 1.09. The van der Waals surface area contributed by atoms with Crippen molar-refractivity contribution in [1.29, 1.82) is 0 Å². The van der Waals surface area contributed by atoms with Crippen LogP contribution in [0.4, 0.5) is 0 Å². The molecule has 11 unspecified atom stereocenters. The Morgan fingerprint density at radius 2 is 1.35 bits per heavy atom. The molecule has 0 spiro atoms. The maximum absolute atomic E-state index is 16.2. The zero-order valence-corrected chi connectivity index (χ0v) is 62.7. The first kappa shape index (κ1) is 81.8. The molecule has 40 heteroatoms. The molecule has 0 aliphatic carbocycles. The average Bonchev–Trinajstić information content (AvgIpc) is 0.930. The summed E-state index contributed by atoms with van der Waals surface area (Å²) in [5, 5.41) is 144. The van der Waals surface area contributed by atoms with Crippen LogP contribution >= 0.6 is 35.0 Å². The molecule has 113 heavy (non-hydrogen) atoms. The molecule has 2 fully saturated rings. The summed E-state index contributed by atoms with van der Waals surface area (Å²) in [6.07, 6.45) is -18.6. The van der Waals surface area contributed by atoms with Gasteiger partial charge in [-0.3, -0.25) is 33.6 Å². The summed E-state index contributed by atoms with van der Waals surface area (Å²) in [6, 6.07) is 5.09. The number of aromatic nitrogens is 4. The van der Waals surface area contributed by atoms with Crippen molar-refractivity contribution < 1.29 is 118 Å². The number of carboxylic acids is 1. The van der Waals surface area contributed by atoms with Crippen molar-refractivity contribution in [3.05, 3.63) is 141 Å². The first-order valence-electron chi connectivity index (χ1n) is 35.1. The van der Waals surface area contributed by atoms with Crippen molar-refractivity contribution in [2.75, 3.05) is 12.8 Å². The number of carbonyl (C=O) groups excluding carboxylic acids is 7. The Morgan fingerprint density at radius 1 is 0.717 bits per heavy atom. The van der Waals surface area contributed by atoms with E-state index in [4.69, 9.17) is 63.1 Å². The lowest BCUT2D eigenvalue weighted by molar-refractivity contribution is -0.329. The summed E-state index contributed by atoms with van der Waals surface area (Å²) in [4.78, 5) is 118. The normalized spacial score (nSPS) is 27.5. The second-order valence-electron chi connectivity index (χ2n) is 28.2. The summed E-state index contributed by atoms with van der Waals surface area (Å²) in [6.45, 7) is 6.65. The quantitative estimate of drug-likeness (QED) is 0.0611. The zero-order valence-electron chi connectivity index (χ0n) is 60.3. The third kappa shape index (κ3) is 17.6. The van der Waals surface area contributed by atoms with E-state index in [0.717, 1.165) is 78.5 Å². The van der Waals surface area contributed by atoms with Gasteiger partial charge >= 0.3 is 5.97 Å². The molecular formula is C73H79Cl2N13O24S. The fraction of sp³-hybridized carbons (Fsp3) is 0.384. The molecule has 6 aromatic carbocycles. The number of phenols is 4. The van der Waals surface area contributed by atoms with Crippen LogP contribution in [0.2, 0.25) is 10.0 Å². The van der Waals surface area contributed by atoms with Gasteiger partial charge in [0, 0.05) is 40.5 Å². The number of aliphatic hydroxyl groups excluding tert-OH is 5. The van der Waals surface area contributed by atoms with E-state index in [1.807, 2.05) is 13.8 Å². The standard InChI is InChI=1S/C73H79Cl2N13O24S/c1-27(2)16-40(78-5)64(99)83-55-57(94)30-7-14-44(38(74)18-30)108-46-20-32-21-47(61(46)112-71-62(111-50-25-73(4,77)63(98)28(3)107-50)60(97)59(96)48(110-71)26-113-72-85-86-87-88(72)33-9-11-34(89)12-10-33)109-45-15-8-31(19-39(45)75)58(95)56-69(104)82-54(70(105)106)37-22-35(90)23-43(92)51(37)36-17-29(6-13-42(36)91)52(66(101)84-56)81-67(102)53(32)80-65(100)41(24-49(76)93)79-68(55)103/h6-15,17-23,27-28,40-41,48,50,52-60,62-63,71,78,89-92,94-98H,16,24-26,77H2,1-5H3,(H2,76,93)(H,79,103)(H,80,100)(H,81,102)(H,82,104)(H,83,99)(H,84,101)(H,105,106)/t28?,40-,41-,48?,50?,52?,53?,54+,55+,56-,57+,58+,59?,60?,62?,63?,71?,73?/m0/s1. The molecule has 600 valence electrons. The van der Waals surface area contributed by atoms with Crippen LogP contribution in [-0.2, 0) is 52.6 Å². The molecule has 8 heterocycles. The first-order chi connectivity index (χ1) is 53.6. The first-order valence-corrected chi connectivity index (χ1v) is 36.9. The number of fused-ring (bicyclic) bond motifs is 15. The largest absolute Gasteiger partial charge is 0.508 e. The van der Waals surface area contributed by atoms with E-state index < -0.39 is 231 Å². The number of aliphatic hydroxyl groups is 5. The minimum absolute atomic E-state index is 0.0668. The number of likely N-dealkylation sites (N-methyl/N-ethyl adjacent to an activating group) is 1. The minimum atomic E-state index is -2.37. The smallest absolute Gasteiger partial charge is 0.330 e. The topological polar surface area (TPSA) is 574 Å². The Hall–Kier alpha value is -10.7. The number of amides is 7. The molecular weight excluding hydrogens is 1550 g/mol. The molecule has 1 aromatic heterocycles. The van der Waals surface area contributed by atoms with E-state index in [-0.39, 0.29) is 62.9 Å². The van der Waals surface area contributed by atoms with Gasteiger partial charge in [-0.1, -0.05) is 67.0 Å². The molecule has 0 saturated carbocycles. The highest BCUT2D eigenvalue weighted by atomic mass is 35.5. The van der Waals surface area contributed by atoms with Gasteiger partial charge in [-0.15, -0.1) is 5.10 Å². The van der Waals surface area contributed by atoms with Gasteiger partial charge in [0.05, 0.1) is 46.5 Å². The summed E-state index contributed by atoms with van der Waals surface area (Å²) in [5.41, 5.74) is 8.49. The number of hydrogen-bond acceptors (Lipinski definition) is 29. The summed E-state index contributed by atoms with van der Waals surface area (Å²) < 4.78 is 41.0. The number of carbonyl (C=O) groups is 8. The van der Waals surface area contributed by atoms with Gasteiger partial charge in [0.25, 0.3) is 0 Å². The van der Waals surface area contributed by atoms with Crippen LogP contribution in [0.3, 0.4) is 0 Å². The fourth-order valence-electron chi connectivity index (χ4n) is 13.7. The third-order valence-electron chi connectivity index (χ3n) is 19.5. The molecule has 7 aliphatic rings. The number of phenolic OH excluding ortho intramolecular Hbond substituents is 4. The number of nitrogens with one attached hydrogen (secondary N) is 7. The van der Waals surface area contributed by atoms with E-state index in [1.165, 1.54) is 62.0 Å².